The van der Waals surface area contributed by atoms with Gasteiger partial charge in [-0.05, 0) is 18.6 Å². The van der Waals surface area contributed by atoms with Crippen LogP contribution in [-0.2, 0) is 0 Å². The first-order chi connectivity index (χ1) is 6.77. The molecule has 4 nitrogen and oxygen atoms in total. The van der Waals surface area contributed by atoms with Crippen molar-refractivity contribution < 1.29 is 0 Å². The fraction of sp³-hybridized carbons (Fsp3) is 0.100. The van der Waals surface area contributed by atoms with Crippen molar-refractivity contribution in [2.75, 3.05) is 5.73 Å². The van der Waals surface area contributed by atoms with Gasteiger partial charge >= 0.3 is 0 Å². The van der Waals surface area contributed by atoms with Gasteiger partial charge in [0.2, 0.25) is 0 Å². The fourth-order valence-corrected chi connectivity index (χ4v) is 1.15. The van der Waals surface area contributed by atoms with Gasteiger partial charge in [-0.3, -0.25) is 4.98 Å². The third-order valence-electron chi connectivity index (χ3n) is 1.88. The molecule has 0 aliphatic rings. The monoisotopic (exact) mass is 186 g/mol. The summed E-state index contributed by atoms with van der Waals surface area (Å²) in [4.78, 5) is 12.3. The van der Waals surface area contributed by atoms with Gasteiger partial charge in [-0.15, -0.1) is 0 Å². The van der Waals surface area contributed by atoms with E-state index in [0.717, 1.165) is 11.3 Å². The van der Waals surface area contributed by atoms with Crippen LogP contribution in [0.4, 0.5) is 5.82 Å². The smallest absolute Gasteiger partial charge is 0.151 e. The van der Waals surface area contributed by atoms with Crippen LogP contribution in [0.15, 0.2) is 30.7 Å². The Morgan fingerprint density at radius 3 is 2.50 bits per heavy atom. The molecule has 14 heavy (non-hydrogen) atoms. The molecule has 2 rings (SSSR count). The zero-order chi connectivity index (χ0) is 9.97. The highest BCUT2D eigenvalue weighted by atomic mass is 14.9. The molecular formula is C10H10N4. The molecule has 0 radical (unpaired) electrons. The molecule has 4 heteroatoms. The van der Waals surface area contributed by atoms with Crippen molar-refractivity contribution in [1.82, 2.24) is 15.0 Å². The molecule has 2 aromatic heterocycles. The summed E-state index contributed by atoms with van der Waals surface area (Å²) in [6.07, 6.45) is 4.95. The average molecular weight is 186 g/mol. The van der Waals surface area contributed by atoms with Crippen molar-refractivity contribution in [1.29, 1.82) is 0 Å². The molecule has 0 amide bonds. The third kappa shape index (κ3) is 1.54. The predicted octanol–water partition coefficient (Wildman–Crippen LogP) is 1.43. The van der Waals surface area contributed by atoms with Crippen LogP contribution in [0.3, 0.4) is 0 Å². The van der Waals surface area contributed by atoms with E-state index in [2.05, 4.69) is 15.0 Å². The molecule has 2 aromatic rings. The normalized spacial score (nSPS) is 10.1. The summed E-state index contributed by atoms with van der Waals surface area (Å²) in [5.41, 5.74) is 8.17. The SMILES string of the molecule is Cc1ccc(-c2nccnc2N)nc1. The maximum absolute atomic E-state index is 5.68. The van der Waals surface area contributed by atoms with E-state index in [9.17, 15) is 0 Å². The summed E-state index contributed by atoms with van der Waals surface area (Å²) in [5, 5.41) is 0. The second-order valence-electron chi connectivity index (χ2n) is 3.01. The van der Waals surface area contributed by atoms with Crippen LogP contribution >= 0.6 is 0 Å². The minimum absolute atomic E-state index is 0.406. The zero-order valence-electron chi connectivity index (χ0n) is 7.81. The van der Waals surface area contributed by atoms with Gasteiger partial charge in [0.25, 0.3) is 0 Å². The maximum atomic E-state index is 5.68. The number of aryl methyl sites for hydroxylation is 1. The molecule has 2 heterocycles. The Labute approximate surface area is 81.9 Å². The quantitative estimate of drug-likeness (QED) is 0.731. The Kier molecular flexibility index (Phi) is 2.10. The Morgan fingerprint density at radius 2 is 1.86 bits per heavy atom. The average Bonchev–Trinajstić information content (AvgIpc) is 2.20. The Morgan fingerprint density at radius 1 is 1.07 bits per heavy atom. The van der Waals surface area contributed by atoms with Crippen LogP contribution in [0.5, 0.6) is 0 Å². The predicted molar refractivity (Wildman–Crippen MR) is 54.4 cm³/mol. The highest BCUT2D eigenvalue weighted by Crippen LogP contribution is 2.18. The molecule has 2 N–H and O–H groups in total. The van der Waals surface area contributed by atoms with Gasteiger partial charge in [0.15, 0.2) is 5.82 Å². The number of hydrogen-bond donors (Lipinski definition) is 1. The van der Waals surface area contributed by atoms with Crippen molar-refractivity contribution >= 4 is 5.82 Å². The summed E-state index contributed by atoms with van der Waals surface area (Å²) in [6.45, 7) is 1.98. The van der Waals surface area contributed by atoms with Crippen LogP contribution in [0.2, 0.25) is 0 Å². The summed E-state index contributed by atoms with van der Waals surface area (Å²) in [7, 11) is 0. The lowest BCUT2D eigenvalue weighted by Gasteiger charge is -2.01. The van der Waals surface area contributed by atoms with Gasteiger partial charge in [-0.25, -0.2) is 9.97 Å². The highest BCUT2D eigenvalue weighted by Gasteiger charge is 2.04. The first-order valence-corrected chi connectivity index (χ1v) is 4.27. The first-order valence-electron chi connectivity index (χ1n) is 4.27. The summed E-state index contributed by atoms with van der Waals surface area (Å²) < 4.78 is 0. The molecule has 0 spiro atoms. The number of nitrogens with zero attached hydrogens (tertiary/aromatic N) is 3. The van der Waals surface area contributed by atoms with E-state index >= 15 is 0 Å². The second kappa shape index (κ2) is 3.41. The van der Waals surface area contributed by atoms with E-state index in [-0.39, 0.29) is 0 Å². The number of pyridine rings is 1. The van der Waals surface area contributed by atoms with Crippen LogP contribution in [0.25, 0.3) is 11.4 Å². The van der Waals surface area contributed by atoms with Gasteiger partial charge in [-0.1, -0.05) is 6.07 Å². The lowest BCUT2D eigenvalue weighted by atomic mass is 10.2. The van der Waals surface area contributed by atoms with Crippen molar-refractivity contribution in [3.63, 3.8) is 0 Å². The summed E-state index contributed by atoms with van der Waals surface area (Å²) in [6, 6.07) is 3.85. The molecule has 0 aromatic carbocycles. The number of nitrogen functional groups attached to an aromatic ring is 1. The Balaban J connectivity index is 2.50. The third-order valence-corrected chi connectivity index (χ3v) is 1.88. The van der Waals surface area contributed by atoms with Crippen LogP contribution < -0.4 is 5.73 Å². The van der Waals surface area contributed by atoms with Gasteiger partial charge < -0.3 is 5.73 Å². The van der Waals surface area contributed by atoms with Gasteiger partial charge in [-0.2, -0.15) is 0 Å². The van der Waals surface area contributed by atoms with E-state index in [4.69, 9.17) is 5.73 Å². The molecule has 0 atom stereocenters. The van der Waals surface area contributed by atoms with Gasteiger partial charge in [0, 0.05) is 18.6 Å². The number of rotatable bonds is 1. The Bertz CT molecular complexity index is 436. The summed E-state index contributed by atoms with van der Waals surface area (Å²) in [5.74, 6) is 0.406. The highest BCUT2D eigenvalue weighted by molar-refractivity contribution is 5.65. The van der Waals surface area contributed by atoms with Crippen LogP contribution in [-0.4, -0.2) is 15.0 Å². The molecule has 70 valence electrons. The number of aromatic nitrogens is 3. The van der Waals surface area contributed by atoms with E-state index in [1.165, 1.54) is 0 Å². The summed E-state index contributed by atoms with van der Waals surface area (Å²) >= 11 is 0. The molecule has 0 unspecified atom stereocenters. The van der Waals surface area contributed by atoms with E-state index < -0.39 is 0 Å². The lowest BCUT2D eigenvalue weighted by molar-refractivity contribution is 1.17. The maximum Gasteiger partial charge on any atom is 0.151 e. The molecular weight excluding hydrogens is 176 g/mol. The molecule has 0 bridgehead atoms. The number of nitrogens with two attached hydrogens (primary N) is 1. The largest absolute Gasteiger partial charge is 0.382 e. The molecule has 0 aliphatic heterocycles. The fourth-order valence-electron chi connectivity index (χ4n) is 1.15. The van der Waals surface area contributed by atoms with Crippen LogP contribution in [0.1, 0.15) is 5.56 Å². The molecule has 0 saturated carbocycles. The minimum Gasteiger partial charge on any atom is -0.382 e. The van der Waals surface area contributed by atoms with E-state index in [1.54, 1.807) is 18.6 Å². The second-order valence-corrected chi connectivity index (χ2v) is 3.01. The van der Waals surface area contributed by atoms with Crippen molar-refractivity contribution in [2.24, 2.45) is 0 Å². The Hall–Kier alpha value is -1.97. The van der Waals surface area contributed by atoms with Crippen LogP contribution in [0, 0.1) is 6.92 Å². The van der Waals surface area contributed by atoms with Crippen molar-refractivity contribution in [3.8, 4) is 11.4 Å². The van der Waals surface area contributed by atoms with E-state index in [0.29, 0.717) is 11.5 Å². The topological polar surface area (TPSA) is 64.7 Å². The van der Waals surface area contributed by atoms with Crippen molar-refractivity contribution in [3.05, 3.63) is 36.3 Å². The van der Waals surface area contributed by atoms with Gasteiger partial charge in [0.05, 0.1) is 5.69 Å². The van der Waals surface area contributed by atoms with Gasteiger partial charge in [0.1, 0.15) is 5.69 Å². The van der Waals surface area contributed by atoms with E-state index in [1.807, 2.05) is 19.1 Å². The number of hydrogen-bond acceptors (Lipinski definition) is 4. The first kappa shape index (κ1) is 8.62. The van der Waals surface area contributed by atoms with Crippen molar-refractivity contribution in [2.45, 2.75) is 6.92 Å². The minimum atomic E-state index is 0.406. The molecule has 0 saturated heterocycles. The molecule has 0 aliphatic carbocycles. The molecule has 0 fully saturated rings. The zero-order valence-corrected chi connectivity index (χ0v) is 7.81. The lowest BCUT2D eigenvalue weighted by Crippen LogP contribution is -1.97. The number of anilines is 1. The standard InChI is InChI=1S/C10H10N4/c1-7-2-3-8(14-6-7)9-10(11)13-5-4-12-9/h2-6H,1H3,(H2,11,13).